The van der Waals surface area contributed by atoms with Gasteiger partial charge in [-0.1, -0.05) is 24.3 Å². The van der Waals surface area contributed by atoms with Gasteiger partial charge in [0.25, 0.3) is 0 Å². The van der Waals surface area contributed by atoms with Gasteiger partial charge in [0.15, 0.2) is 0 Å². The Labute approximate surface area is 50.9 Å². The monoisotopic (exact) mass is 107 g/mol. The highest BCUT2D eigenvalue weighted by atomic mass is 14.0. The standard InChI is InChI=1S/C8H11/c1-2-8-6-4-3-5-7-8/h2,4,6H,1,3,5,7H2. The average molecular weight is 107 g/mol. The second-order valence-electron chi connectivity index (χ2n) is 2.07. The Morgan fingerprint density at radius 2 is 2.50 bits per heavy atom. The highest BCUT2D eigenvalue weighted by molar-refractivity contribution is 5.21. The number of rotatable bonds is 1. The normalized spacial score (nSPS) is 19.8. The summed E-state index contributed by atoms with van der Waals surface area (Å²) in [6, 6.07) is 0. The summed E-state index contributed by atoms with van der Waals surface area (Å²) < 4.78 is 0. The number of hydrogen-bond acceptors (Lipinski definition) is 0. The van der Waals surface area contributed by atoms with Gasteiger partial charge in [0.2, 0.25) is 0 Å². The van der Waals surface area contributed by atoms with Crippen LogP contribution in [0.15, 0.2) is 24.3 Å². The van der Waals surface area contributed by atoms with E-state index in [0.717, 1.165) is 0 Å². The molecule has 43 valence electrons. The summed E-state index contributed by atoms with van der Waals surface area (Å²) in [6.07, 6.45) is 10.1. The fourth-order valence-corrected chi connectivity index (χ4v) is 0.912. The SMILES string of the molecule is C=CC1=C[CH]CCC1. The third-order valence-electron chi connectivity index (χ3n) is 1.43. The molecule has 0 atom stereocenters. The first-order valence-corrected chi connectivity index (χ1v) is 3.08. The second-order valence-corrected chi connectivity index (χ2v) is 2.07. The first kappa shape index (κ1) is 5.61. The summed E-state index contributed by atoms with van der Waals surface area (Å²) in [7, 11) is 0. The van der Waals surface area contributed by atoms with E-state index >= 15 is 0 Å². The molecular formula is C8H11. The minimum atomic E-state index is 1.22. The minimum Gasteiger partial charge on any atom is -0.0988 e. The molecule has 0 saturated heterocycles. The minimum absolute atomic E-state index is 1.22. The molecule has 0 heteroatoms. The second kappa shape index (κ2) is 2.71. The molecule has 0 fully saturated rings. The number of hydrogen-bond donors (Lipinski definition) is 0. The Morgan fingerprint density at radius 1 is 1.62 bits per heavy atom. The maximum absolute atomic E-state index is 3.70. The molecular weight excluding hydrogens is 96.1 g/mol. The van der Waals surface area contributed by atoms with E-state index in [0.29, 0.717) is 0 Å². The predicted octanol–water partition coefficient (Wildman–Crippen LogP) is 2.49. The van der Waals surface area contributed by atoms with Gasteiger partial charge in [-0.15, -0.1) is 0 Å². The largest absolute Gasteiger partial charge is 0.0988 e. The Bertz CT molecular complexity index is 109. The van der Waals surface area contributed by atoms with Crippen molar-refractivity contribution in [3.63, 3.8) is 0 Å². The molecule has 0 aliphatic heterocycles. The molecule has 8 heavy (non-hydrogen) atoms. The fourth-order valence-electron chi connectivity index (χ4n) is 0.912. The highest BCUT2D eigenvalue weighted by Crippen LogP contribution is 2.16. The maximum Gasteiger partial charge on any atom is -0.0164 e. The van der Waals surface area contributed by atoms with Crippen molar-refractivity contribution in [2.45, 2.75) is 19.3 Å². The summed E-state index contributed by atoms with van der Waals surface area (Å²) in [5.74, 6) is 0. The van der Waals surface area contributed by atoms with Crippen molar-refractivity contribution in [3.8, 4) is 0 Å². The Kier molecular flexibility index (Phi) is 1.90. The van der Waals surface area contributed by atoms with Gasteiger partial charge in [0.05, 0.1) is 0 Å². The molecule has 0 N–H and O–H groups in total. The van der Waals surface area contributed by atoms with Gasteiger partial charge in [0, 0.05) is 0 Å². The molecule has 0 saturated carbocycles. The van der Waals surface area contributed by atoms with Crippen molar-refractivity contribution in [2.75, 3.05) is 0 Å². The smallest absolute Gasteiger partial charge is 0.0164 e. The first-order chi connectivity index (χ1) is 3.93. The number of allylic oxidation sites excluding steroid dienone is 3. The van der Waals surface area contributed by atoms with Gasteiger partial charge in [-0.05, 0) is 25.7 Å². The van der Waals surface area contributed by atoms with E-state index in [4.69, 9.17) is 0 Å². The van der Waals surface area contributed by atoms with E-state index in [9.17, 15) is 0 Å². The van der Waals surface area contributed by atoms with E-state index in [-0.39, 0.29) is 0 Å². The molecule has 1 radical (unpaired) electrons. The Hall–Kier alpha value is -0.520. The molecule has 0 aromatic carbocycles. The fraction of sp³-hybridized carbons (Fsp3) is 0.375. The van der Waals surface area contributed by atoms with E-state index < -0.39 is 0 Å². The lowest BCUT2D eigenvalue weighted by Crippen LogP contribution is -1.87. The summed E-state index contributed by atoms with van der Waals surface area (Å²) in [5.41, 5.74) is 1.39. The summed E-state index contributed by atoms with van der Waals surface area (Å²) in [6.45, 7) is 3.70. The average Bonchev–Trinajstić information content (AvgIpc) is 1.90. The Morgan fingerprint density at radius 3 is 2.88 bits per heavy atom. The van der Waals surface area contributed by atoms with Gasteiger partial charge < -0.3 is 0 Å². The molecule has 1 rings (SSSR count). The van der Waals surface area contributed by atoms with Crippen LogP contribution < -0.4 is 0 Å². The van der Waals surface area contributed by atoms with Gasteiger partial charge in [-0.3, -0.25) is 0 Å². The van der Waals surface area contributed by atoms with Crippen LogP contribution in [0.2, 0.25) is 0 Å². The maximum atomic E-state index is 3.70. The molecule has 0 bridgehead atoms. The van der Waals surface area contributed by atoms with Crippen molar-refractivity contribution >= 4 is 0 Å². The van der Waals surface area contributed by atoms with Crippen molar-refractivity contribution in [1.29, 1.82) is 0 Å². The molecule has 0 nitrogen and oxygen atoms in total. The van der Waals surface area contributed by atoms with Crippen LogP contribution in [0.4, 0.5) is 0 Å². The zero-order chi connectivity index (χ0) is 5.82. The van der Waals surface area contributed by atoms with Crippen molar-refractivity contribution in [2.24, 2.45) is 0 Å². The van der Waals surface area contributed by atoms with Gasteiger partial charge in [0.1, 0.15) is 0 Å². The van der Waals surface area contributed by atoms with Crippen LogP contribution in [0.25, 0.3) is 0 Å². The van der Waals surface area contributed by atoms with Crippen LogP contribution in [0.1, 0.15) is 19.3 Å². The quantitative estimate of drug-likeness (QED) is 0.483. The first-order valence-electron chi connectivity index (χ1n) is 3.08. The summed E-state index contributed by atoms with van der Waals surface area (Å²) >= 11 is 0. The highest BCUT2D eigenvalue weighted by Gasteiger charge is 1.97. The van der Waals surface area contributed by atoms with E-state index in [1.807, 2.05) is 6.08 Å². The van der Waals surface area contributed by atoms with Crippen LogP contribution in [0.5, 0.6) is 0 Å². The van der Waals surface area contributed by atoms with Crippen LogP contribution in [0.3, 0.4) is 0 Å². The van der Waals surface area contributed by atoms with Crippen molar-refractivity contribution in [3.05, 3.63) is 30.7 Å². The van der Waals surface area contributed by atoms with Gasteiger partial charge in [-0.2, -0.15) is 0 Å². The third kappa shape index (κ3) is 1.22. The molecule has 1 aliphatic rings. The van der Waals surface area contributed by atoms with Crippen LogP contribution in [-0.2, 0) is 0 Å². The van der Waals surface area contributed by atoms with Gasteiger partial charge in [-0.25, -0.2) is 0 Å². The predicted molar refractivity (Wildman–Crippen MR) is 36.4 cm³/mol. The molecule has 0 amide bonds. The topological polar surface area (TPSA) is 0 Å². The van der Waals surface area contributed by atoms with Crippen LogP contribution >= 0.6 is 0 Å². The lowest BCUT2D eigenvalue weighted by atomic mass is 10.0. The van der Waals surface area contributed by atoms with Crippen LogP contribution in [0, 0.1) is 6.42 Å². The lowest BCUT2D eigenvalue weighted by molar-refractivity contribution is 0.794. The van der Waals surface area contributed by atoms with E-state index in [1.54, 1.807) is 0 Å². The zero-order valence-electron chi connectivity index (χ0n) is 5.06. The third-order valence-corrected chi connectivity index (χ3v) is 1.43. The molecule has 0 spiro atoms. The van der Waals surface area contributed by atoms with Crippen molar-refractivity contribution in [1.82, 2.24) is 0 Å². The lowest BCUT2D eigenvalue weighted by Gasteiger charge is -2.06. The van der Waals surface area contributed by atoms with E-state index in [2.05, 4.69) is 19.1 Å². The molecule has 1 aliphatic carbocycles. The summed E-state index contributed by atoms with van der Waals surface area (Å²) in [5, 5.41) is 0. The van der Waals surface area contributed by atoms with Crippen molar-refractivity contribution < 1.29 is 0 Å². The molecule has 0 heterocycles. The Balaban J connectivity index is 2.49. The zero-order valence-corrected chi connectivity index (χ0v) is 5.06. The summed E-state index contributed by atoms with van der Waals surface area (Å²) in [4.78, 5) is 0. The molecule has 0 aromatic rings. The van der Waals surface area contributed by atoms with Crippen LogP contribution in [-0.4, -0.2) is 0 Å². The molecule has 0 unspecified atom stereocenters. The van der Waals surface area contributed by atoms with Gasteiger partial charge >= 0.3 is 0 Å². The van der Waals surface area contributed by atoms with E-state index in [1.165, 1.54) is 24.8 Å². The molecule has 0 aromatic heterocycles.